The van der Waals surface area contributed by atoms with Crippen molar-refractivity contribution in [1.29, 1.82) is 0 Å². The molecule has 34 heavy (non-hydrogen) atoms. The van der Waals surface area contributed by atoms with Crippen molar-refractivity contribution in [2.75, 3.05) is 6.61 Å². The van der Waals surface area contributed by atoms with Crippen molar-refractivity contribution in [3.05, 3.63) is 92.2 Å². The summed E-state index contributed by atoms with van der Waals surface area (Å²) >= 11 is 9.44. The number of benzene rings is 3. The maximum atomic E-state index is 12.8. The molecule has 6 nitrogen and oxygen atoms in total. The largest absolute Gasteiger partial charge is 0.492 e. The minimum absolute atomic E-state index is 0.0775. The Kier molecular flexibility index (Phi) is 7.55. The fraction of sp³-hybridized carbons (Fsp3) is 0.154. The molecule has 3 aromatic carbocycles. The van der Waals surface area contributed by atoms with E-state index in [9.17, 15) is 9.59 Å². The Bertz CT molecular complexity index is 1400. The summed E-state index contributed by atoms with van der Waals surface area (Å²) in [5.74, 6) is 1.03. The second-order valence-electron chi connectivity index (χ2n) is 7.51. The number of esters is 1. The lowest BCUT2D eigenvalue weighted by molar-refractivity contribution is -0.134. The molecular formula is C26H20BrClO6. The molecule has 0 radical (unpaired) electrons. The number of hydrogen-bond acceptors (Lipinski definition) is 6. The van der Waals surface area contributed by atoms with E-state index in [2.05, 4.69) is 15.9 Å². The van der Waals surface area contributed by atoms with Gasteiger partial charge in [-0.1, -0.05) is 39.7 Å². The Hall–Kier alpha value is -3.29. The van der Waals surface area contributed by atoms with E-state index >= 15 is 0 Å². The summed E-state index contributed by atoms with van der Waals surface area (Å²) < 4.78 is 23.1. The quantitative estimate of drug-likeness (QED) is 0.134. The molecule has 1 heterocycles. The van der Waals surface area contributed by atoms with Crippen molar-refractivity contribution in [3.8, 4) is 23.0 Å². The van der Waals surface area contributed by atoms with Gasteiger partial charge in [-0.15, -0.1) is 0 Å². The number of carbonyl (C=O) groups is 1. The molecule has 0 spiro atoms. The van der Waals surface area contributed by atoms with Gasteiger partial charge in [0, 0.05) is 17.0 Å². The van der Waals surface area contributed by atoms with Crippen molar-refractivity contribution >= 4 is 44.5 Å². The molecule has 0 aliphatic heterocycles. The molecule has 0 bridgehead atoms. The number of aryl methyl sites for hydroxylation is 1. The summed E-state index contributed by atoms with van der Waals surface area (Å²) in [7, 11) is 0. The number of halogens is 2. The molecule has 0 saturated carbocycles. The highest BCUT2D eigenvalue weighted by atomic mass is 79.9. The standard InChI is InChI=1S/C26H20BrClO6/c1-16-4-2-5-18(12-16)33-24-15-32-23-14-19(8-9-20(23)26(24)30)34-25(29)6-3-11-31-22-10-7-17(27)13-21(22)28/h2,4-5,7-10,12-15H,3,6,11H2,1H3. The summed E-state index contributed by atoms with van der Waals surface area (Å²) in [5, 5.41) is 0.812. The maximum absolute atomic E-state index is 12.8. The van der Waals surface area contributed by atoms with Crippen LogP contribution in [0.3, 0.4) is 0 Å². The first-order chi connectivity index (χ1) is 16.4. The van der Waals surface area contributed by atoms with Crippen LogP contribution in [0.4, 0.5) is 0 Å². The summed E-state index contributed by atoms with van der Waals surface area (Å²) in [5.41, 5.74) is 0.988. The minimum Gasteiger partial charge on any atom is -0.492 e. The third-order valence-electron chi connectivity index (χ3n) is 4.84. The first-order valence-corrected chi connectivity index (χ1v) is 11.6. The van der Waals surface area contributed by atoms with Gasteiger partial charge < -0.3 is 18.6 Å². The van der Waals surface area contributed by atoms with Crippen LogP contribution in [-0.2, 0) is 4.79 Å². The van der Waals surface area contributed by atoms with Crippen molar-refractivity contribution in [2.45, 2.75) is 19.8 Å². The van der Waals surface area contributed by atoms with Gasteiger partial charge in [0.05, 0.1) is 17.0 Å². The Labute approximate surface area is 209 Å². The first-order valence-electron chi connectivity index (χ1n) is 10.5. The Morgan fingerprint density at radius 2 is 1.88 bits per heavy atom. The van der Waals surface area contributed by atoms with Gasteiger partial charge in [-0.2, -0.15) is 0 Å². The van der Waals surface area contributed by atoms with Crippen molar-refractivity contribution < 1.29 is 23.4 Å². The summed E-state index contributed by atoms with van der Waals surface area (Å²) in [6.07, 6.45) is 1.86. The lowest BCUT2D eigenvalue weighted by Gasteiger charge is -2.09. The van der Waals surface area contributed by atoms with Crippen LogP contribution < -0.4 is 19.6 Å². The highest BCUT2D eigenvalue weighted by molar-refractivity contribution is 9.10. The smallest absolute Gasteiger partial charge is 0.311 e. The van der Waals surface area contributed by atoms with Crippen molar-refractivity contribution in [2.24, 2.45) is 0 Å². The lowest BCUT2D eigenvalue weighted by Crippen LogP contribution is -2.10. The molecule has 0 aliphatic rings. The summed E-state index contributed by atoms with van der Waals surface area (Å²) in [6, 6.07) is 17.3. The molecule has 0 unspecified atom stereocenters. The topological polar surface area (TPSA) is 75.0 Å². The van der Waals surface area contributed by atoms with Crippen LogP contribution in [0.2, 0.25) is 5.02 Å². The van der Waals surface area contributed by atoms with E-state index < -0.39 is 5.97 Å². The Morgan fingerprint density at radius 1 is 1.03 bits per heavy atom. The molecule has 4 rings (SSSR count). The molecule has 0 aliphatic carbocycles. The number of fused-ring (bicyclic) bond motifs is 1. The highest BCUT2D eigenvalue weighted by Gasteiger charge is 2.12. The zero-order valence-corrected chi connectivity index (χ0v) is 20.5. The third kappa shape index (κ3) is 5.98. The summed E-state index contributed by atoms with van der Waals surface area (Å²) in [6.45, 7) is 2.25. The molecule has 8 heteroatoms. The van der Waals surface area contributed by atoms with Gasteiger partial charge >= 0.3 is 5.97 Å². The van der Waals surface area contributed by atoms with E-state index in [4.69, 9.17) is 30.2 Å². The molecule has 0 fully saturated rings. The van der Waals surface area contributed by atoms with Crippen LogP contribution in [0, 0.1) is 6.92 Å². The second-order valence-corrected chi connectivity index (χ2v) is 8.83. The van der Waals surface area contributed by atoms with Crippen LogP contribution in [0.15, 0.2) is 80.6 Å². The van der Waals surface area contributed by atoms with Crippen LogP contribution >= 0.6 is 27.5 Å². The fourth-order valence-corrected chi connectivity index (χ4v) is 3.93. The van der Waals surface area contributed by atoms with Gasteiger partial charge in [-0.3, -0.25) is 9.59 Å². The highest BCUT2D eigenvalue weighted by Crippen LogP contribution is 2.28. The maximum Gasteiger partial charge on any atom is 0.311 e. The van der Waals surface area contributed by atoms with Crippen molar-refractivity contribution in [3.63, 3.8) is 0 Å². The van der Waals surface area contributed by atoms with Crippen LogP contribution in [0.5, 0.6) is 23.0 Å². The molecule has 0 N–H and O–H groups in total. The van der Waals surface area contributed by atoms with E-state index in [1.54, 1.807) is 30.3 Å². The SMILES string of the molecule is Cc1cccc(Oc2coc3cc(OC(=O)CCCOc4ccc(Br)cc4Cl)ccc3c2=O)c1. The lowest BCUT2D eigenvalue weighted by atomic mass is 10.2. The van der Waals surface area contributed by atoms with Gasteiger partial charge in [0.15, 0.2) is 0 Å². The van der Waals surface area contributed by atoms with Gasteiger partial charge in [0.2, 0.25) is 11.2 Å². The monoisotopic (exact) mass is 542 g/mol. The van der Waals surface area contributed by atoms with E-state index in [-0.39, 0.29) is 23.3 Å². The third-order valence-corrected chi connectivity index (χ3v) is 5.63. The Morgan fingerprint density at radius 3 is 2.68 bits per heavy atom. The van der Waals surface area contributed by atoms with Crippen LogP contribution in [0.1, 0.15) is 18.4 Å². The minimum atomic E-state index is -0.424. The number of rotatable bonds is 8. The van der Waals surface area contributed by atoms with Crippen LogP contribution in [0.25, 0.3) is 11.0 Å². The van der Waals surface area contributed by atoms with Gasteiger partial charge in [-0.25, -0.2) is 0 Å². The molecule has 0 amide bonds. The summed E-state index contributed by atoms with van der Waals surface area (Å²) in [4.78, 5) is 25.0. The predicted octanol–water partition coefficient (Wildman–Crippen LogP) is 7.07. The second kappa shape index (κ2) is 10.8. The predicted molar refractivity (Wildman–Crippen MR) is 133 cm³/mol. The number of hydrogen-bond donors (Lipinski definition) is 0. The molecule has 4 aromatic rings. The van der Waals surface area contributed by atoms with E-state index in [1.165, 1.54) is 12.3 Å². The van der Waals surface area contributed by atoms with Gasteiger partial charge in [-0.05, 0) is 61.4 Å². The molecule has 1 aromatic heterocycles. The van der Waals surface area contributed by atoms with Gasteiger partial charge in [0.1, 0.15) is 29.1 Å². The van der Waals surface area contributed by atoms with E-state index in [0.29, 0.717) is 40.5 Å². The molecule has 0 saturated heterocycles. The average Bonchev–Trinajstić information content (AvgIpc) is 2.80. The molecule has 0 atom stereocenters. The normalized spacial score (nSPS) is 10.8. The van der Waals surface area contributed by atoms with E-state index in [0.717, 1.165) is 10.0 Å². The number of carbonyl (C=O) groups excluding carboxylic acids is 1. The van der Waals surface area contributed by atoms with Crippen molar-refractivity contribution in [1.82, 2.24) is 0 Å². The molecular weight excluding hydrogens is 524 g/mol. The van der Waals surface area contributed by atoms with E-state index in [1.807, 2.05) is 31.2 Å². The average molecular weight is 544 g/mol. The van der Waals surface area contributed by atoms with Crippen LogP contribution in [-0.4, -0.2) is 12.6 Å². The number of ether oxygens (including phenoxy) is 3. The first kappa shape index (κ1) is 23.9. The fourth-order valence-electron chi connectivity index (χ4n) is 3.20. The molecule has 174 valence electrons. The van der Waals surface area contributed by atoms with Gasteiger partial charge in [0.25, 0.3) is 0 Å². The zero-order chi connectivity index (χ0) is 24.1. The zero-order valence-electron chi connectivity index (χ0n) is 18.2. The Balaban J connectivity index is 1.35.